The van der Waals surface area contributed by atoms with E-state index in [9.17, 15) is 14.4 Å². The second kappa shape index (κ2) is 16.3. The van der Waals surface area contributed by atoms with Crippen LogP contribution in [0.2, 0.25) is 0 Å². The number of nitrogens with two attached hydrogens (primary N) is 1. The van der Waals surface area contributed by atoms with Crippen LogP contribution in [-0.4, -0.2) is 35.7 Å². The Labute approximate surface area is 268 Å². The van der Waals surface area contributed by atoms with Gasteiger partial charge in [0.2, 0.25) is 0 Å². The van der Waals surface area contributed by atoms with Gasteiger partial charge >= 0.3 is 0 Å². The molecule has 0 amide bonds. The number of carbonyl (C=O) groups excluding carboxylic acids is 3. The number of rotatable bonds is 21. The highest BCUT2D eigenvalue weighted by Gasteiger charge is 2.43. The second-order valence-corrected chi connectivity index (χ2v) is 16.3. The molecular weight excluding hydrogens is 531 g/mol. The van der Waals surface area contributed by atoms with Gasteiger partial charge in [-0.15, -0.1) is 0 Å². The number of hydrogen-bond acceptors (Lipinski definition) is 5. The van der Waals surface area contributed by atoms with Gasteiger partial charge in [0.1, 0.15) is 17.2 Å². The molecule has 0 aliphatic heterocycles. The summed E-state index contributed by atoms with van der Waals surface area (Å²) in [5.74, 6) is 0.711. The summed E-state index contributed by atoms with van der Waals surface area (Å²) < 4.78 is 0. The Hall–Kier alpha value is -1.27. The van der Waals surface area contributed by atoms with Gasteiger partial charge in [-0.2, -0.15) is 0 Å². The average molecular weight is 603 g/mol. The van der Waals surface area contributed by atoms with E-state index in [1.165, 1.54) is 11.1 Å². The van der Waals surface area contributed by atoms with Crippen molar-refractivity contribution < 1.29 is 14.4 Å². The van der Waals surface area contributed by atoms with E-state index < -0.39 is 11.0 Å². The van der Waals surface area contributed by atoms with Crippen molar-refractivity contribution in [2.24, 2.45) is 39.7 Å². The number of allylic oxidation sites excluding steroid dienone is 2. The van der Waals surface area contributed by atoms with E-state index >= 15 is 0 Å². The molecule has 4 unspecified atom stereocenters. The van der Waals surface area contributed by atoms with Crippen molar-refractivity contribution >= 4 is 24.7 Å². The summed E-state index contributed by atoms with van der Waals surface area (Å²) in [5, 5.41) is 3.29. The molecule has 0 aliphatic carbocycles. The Bertz CT molecular complexity index is 973. The smallest absolute Gasteiger partial charge is 0.284 e. The van der Waals surface area contributed by atoms with Gasteiger partial charge in [-0.3, -0.25) is 9.59 Å². The summed E-state index contributed by atoms with van der Waals surface area (Å²) in [6.45, 7) is 33.7. The Balaban J connectivity index is 6.36. The van der Waals surface area contributed by atoms with Crippen molar-refractivity contribution in [1.29, 1.82) is 0 Å². The molecule has 4 atom stereocenters. The Morgan fingerprint density at radius 1 is 0.814 bits per heavy atom. The topological polar surface area (TPSA) is 89.3 Å². The summed E-state index contributed by atoms with van der Waals surface area (Å²) in [5.41, 5.74) is 7.20. The first-order valence-electron chi connectivity index (χ1n) is 17.2. The van der Waals surface area contributed by atoms with Crippen LogP contribution < -0.4 is 11.0 Å². The highest BCUT2D eigenvalue weighted by Crippen LogP contribution is 2.47. The first-order chi connectivity index (χ1) is 19.4. The number of hydrogen-bond donors (Lipinski definition) is 2. The van der Waals surface area contributed by atoms with Crippen molar-refractivity contribution in [1.82, 2.24) is 5.23 Å². The van der Waals surface area contributed by atoms with E-state index in [4.69, 9.17) is 5.73 Å². The molecule has 0 aromatic carbocycles. The molecule has 43 heavy (non-hydrogen) atoms. The van der Waals surface area contributed by atoms with Crippen molar-refractivity contribution in [2.75, 3.05) is 0 Å². The molecule has 0 fully saturated rings. The zero-order valence-electron chi connectivity index (χ0n) is 31.4. The second-order valence-electron chi connectivity index (χ2n) is 16.3. The van der Waals surface area contributed by atoms with Gasteiger partial charge in [-0.1, -0.05) is 80.4 Å². The molecule has 3 N–H and O–H groups in total. The summed E-state index contributed by atoms with van der Waals surface area (Å²) in [6, 6.07) is 0. The minimum absolute atomic E-state index is 0.0541. The molecule has 6 heteroatoms. The molecule has 0 aromatic heterocycles. The molecule has 0 aromatic rings. The SMILES string of the molecule is CC/C(=C(/C)C(C)CC(C)(C)CC(C(=O)C(CC)CC)C(C)(C)CC(C)(C)N)C(C)(CC)C(=O)BNC(C)(CC)C(C)=O. The third-order valence-electron chi connectivity index (χ3n) is 10.9. The van der Waals surface area contributed by atoms with E-state index in [0.29, 0.717) is 18.6 Å². The van der Waals surface area contributed by atoms with Crippen LogP contribution in [0, 0.1) is 34.0 Å². The van der Waals surface area contributed by atoms with Gasteiger partial charge < -0.3 is 15.8 Å². The standard InChI is InChI=1S/C37H71BN2O3/c1-17-28(18-2)31(42)30(34(11,12)24-35(13,14)39)23-33(9,10)22-25(6)26(7)29(19-3)36(15,20-4)32(43)38-40-37(16,21-5)27(8)41/h25,28,30,38,40H,17-24,39H2,1-16H3/b29-26+. The van der Waals surface area contributed by atoms with Crippen LogP contribution in [0.3, 0.4) is 0 Å². The Kier molecular flexibility index (Phi) is 15.9. The van der Waals surface area contributed by atoms with Crippen LogP contribution >= 0.6 is 0 Å². The van der Waals surface area contributed by atoms with Crippen LogP contribution in [0.15, 0.2) is 11.1 Å². The fraction of sp³-hybridized carbons (Fsp3) is 0.865. The summed E-state index contributed by atoms with van der Waals surface area (Å²) in [6.07, 6.45) is 6.43. The largest absolute Gasteiger partial charge is 0.341 e. The monoisotopic (exact) mass is 603 g/mol. The summed E-state index contributed by atoms with van der Waals surface area (Å²) >= 11 is 0. The number of Topliss-reactive ketones (excluding diaryl/α,β-unsaturated/α-hetero) is 2. The molecule has 0 radical (unpaired) electrons. The Morgan fingerprint density at radius 3 is 1.70 bits per heavy atom. The molecule has 0 saturated carbocycles. The normalized spacial score (nSPS) is 17.9. The minimum Gasteiger partial charge on any atom is -0.341 e. The molecule has 0 rings (SSSR count). The van der Waals surface area contributed by atoms with Crippen LogP contribution in [-0.2, 0) is 14.4 Å². The van der Waals surface area contributed by atoms with E-state index in [1.54, 1.807) is 6.92 Å². The lowest BCUT2D eigenvalue weighted by atomic mass is 9.60. The maximum absolute atomic E-state index is 14.0. The zero-order chi connectivity index (χ0) is 34.2. The maximum Gasteiger partial charge on any atom is 0.284 e. The molecule has 0 saturated heterocycles. The lowest BCUT2D eigenvalue weighted by molar-refractivity contribution is -0.133. The zero-order valence-corrected chi connectivity index (χ0v) is 31.4. The fourth-order valence-corrected chi connectivity index (χ4v) is 7.60. The number of carbonyl (C=O) groups is 3. The molecule has 0 aliphatic rings. The fourth-order valence-electron chi connectivity index (χ4n) is 7.60. The van der Waals surface area contributed by atoms with Gasteiger partial charge in [0.05, 0.1) is 5.54 Å². The first kappa shape index (κ1) is 41.7. The van der Waals surface area contributed by atoms with Gasteiger partial charge in [0.15, 0.2) is 0 Å². The van der Waals surface area contributed by atoms with Crippen molar-refractivity contribution in [3.63, 3.8) is 0 Å². The predicted molar refractivity (Wildman–Crippen MR) is 187 cm³/mol. The van der Waals surface area contributed by atoms with Gasteiger partial charge in [-0.25, -0.2) is 0 Å². The third kappa shape index (κ3) is 11.6. The van der Waals surface area contributed by atoms with E-state index in [1.807, 2.05) is 13.8 Å². The highest BCUT2D eigenvalue weighted by atomic mass is 16.1. The highest BCUT2D eigenvalue weighted by molar-refractivity contribution is 6.73. The first-order valence-corrected chi connectivity index (χ1v) is 17.2. The minimum atomic E-state index is -0.692. The number of nitrogens with one attached hydrogen (secondary N) is 1. The van der Waals surface area contributed by atoms with Crippen LogP contribution in [0.1, 0.15) is 162 Å². The Morgan fingerprint density at radius 2 is 1.33 bits per heavy atom. The van der Waals surface area contributed by atoms with Gasteiger partial charge in [0, 0.05) is 22.8 Å². The quantitative estimate of drug-likeness (QED) is 0.101. The van der Waals surface area contributed by atoms with E-state index in [-0.39, 0.29) is 53.0 Å². The summed E-state index contributed by atoms with van der Waals surface area (Å²) in [4.78, 5) is 40.1. The lowest BCUT2D eigenvalue weighted by Crippen LogP contribution is -2.53. The third-order valence-corrected chi connectivity index (χ3v) is 10.9. The average Bonchev–Trinajstić information content (AvgIpc) is 2.88. The van der Waals surface area contributed by atoms with Crippen LogP contribution in [0.25, 0.3) is 0 Å². The van der Waals surface area contributed by atoms with Crippen molar-refractivity contribution in [3.05, 3.63) is 11.1 Å². The predicted octanol–water partition coefficient (Wildman–Crippen LogP) is 8.57. The molecular formula is C37H71BN2O3. The molecule has 0 spiro atoms. The van der Waals surface area contributed by atoms with E-state index in [2.05, 4.69) is 95.2 Å². The molecule has 250 valence electrons. The molecule has 0 heterocycles. The van der Waals surface area contributed by atoms with Gasteiger partial charge in [0.25, 0.3) is 7.41 Å². The van der Waals surface area contributed by atoms with Crippen molar-refractivity contribution in [2.45, 2.75) is 173 Å². The van der Waals surface area contributed by atoms with Crippen molar-refractivity contribution in [3.8, 4) is 0 Å². The van der Waals surface area contributed by atoms with Crippen LogP contribution in [0.4, 0.5) is 0 Å². The molecule has 0 bridgehead atoms. The lowest BCUT2D eigenvalue weighted by Gasteiger charge is -2.43. The van der Waals surface area contributed by atoms with Crippen LogP contribution in [0.5, 0.6) is 0 Å². The summed E-state index contributed by atoms with van der Waals surface area (Å²) in [7, 11) is 0.178. The molecule has 5 nitrogen and oxygen atoms in total. The van der Waals surface area contributed by atoms with E-state index in [0.717, 1.165) is 38.5 Å². The number of ketones is 2. The maximum atomic E-state index is 14.0. The van der Waals surface area contributed by atoms with Gasteiger partial charge in [-0.05, 0) is 110 Å².